The number of hydrogen-bond acceptors (Lipinski definition) is 5. The van der Waals surface area contributed by atoms with Gasteiger partial charge in [-0.25, -0.2) is 4.79 Å². The third-order valence-electron chi connectivity index (χ3n) is 6.51. The predicted molar refractivity (Wildman–Crippen MR) is 148 cm³/mol. The molecule has 2 heterocycles. The molecular formula is C31H28N2O4S. The maximum atomic E-state index is 13.7. The van der Waals surface area contributed by atoms with Gasteiger partial charge in [0.1, 0.15) is 17.1 Å². The monoisotopic (exact) mass is 524 g/mol. The first-order chi connectivity index (χ1) is 18.6. The van der Waals surface area contributed by atoms with Gasteiger partial charge < -0.3 is 10.1 Å². The molecular weight excluding hydrogens is 496 g/mol. The summed E-state index contributed by atoms with van der Waals surface area (Å²) in [7, 11) is 0. The topological polar surface area (TPSA) is 75.7 Å². The van der Waals surface area contributed by atoms with Gasteiger partial charge >= 0.3 is 5.97 Å². The van der Waals surface area contributed by atoms with E-state index in [4.69, 9.17) is 4.74 Å². The van der Waals surface area contributed by atoms with Gasteiger partial charge in [-0.1, -0.05) is 103 Å². The molecule has 2 atom stereocenters. The number of carbonyl (C=O) groups excluding carboxylic acids is 3. The summed E-state index contributed by atoms with van der Waals surface area (Å²) < 4.78 is 6.11. The molecule has 0 saturated carbocycles. The third kappa shape index (κ3) is 5.29. The minimum atomic E-state index is -0.690. The molecule has 7 heteroatoms. The minimum absolute atomic E-state index is 0.187. The van der Waals surface area contributed by atoms with Crippen LogP contribution >= 0.6 is 11.8 Å². The van der Waals surface area contributed by atoms with Crippen LogP contribution in [0.25, 0.3) is 0 Å². The average molecular weight is 525 g/mol. The Bertz CT molecular complexity index is 1330. The molecule has 2 amide bonds. The van der Waals surface area contributed by atoms with Crippen molar-refractivity contribution >= 4 is 29.5 Å². The second-order valence-corrected chi connectivity index (χ2v) is 10.2. The van der Waals surface area contributed by atoms with Crippen LogP contribution in [0.5, 0.6) is 0 Å². The van der Waals surface area contributed by atoms with E-state index in [9.17, 15) is 14.4 Å². The smallest absolute Gasteiger partial charge is 0.356 e. The minimum Gasteiger partial charge on any atom is -0.448 e. The van der Waals surface area contributed by atoms with E-state index in [0.29, 0.717) is 5.75 Å². The highest BCUT2D eigenvalue weighted by atomic mass is 32.2. The summed E-state index contributed by atoms with van der Waals surface area (Å²) in [6.45, 7) is 1.87. The van der Waals surface area contributed by atoms with Crippen LogP contribution < -0.4 is 5.32 Å². The van der Waals surface area contributed by atoms with Crippen molar-refractivity contribution in [3.05, 3.63) is 131 Å². The molecule has 1 unspecified atom stereocenters. The Morgan fingerprint density at radius 2 is 1.55 bits per heavy atom. The van der Waals surface area contributed by atoms with Gasteiger partial charge in [0.05, 0.1) is 6.42 Å². The van der Waals surface area contributed by atoms with Crippen LogP contribution in [0.2, 0.25) is 0 Å². The van der Waals surface area contributed by atoms with Crippen molar-refractivity contribution in [3.63, 3.8) is 0 Å². The lowest BCUT2D eigenvalue weighted by molar-refractivity contribution is -0.154. The van der Waals surface area contributed by atoms with E-state index >= 15 is 0 Å². The van der Waals surface area contributed by atoms with Crippen LogP contribution in [0.1, 0.15) is 29.7 Å². The molecule has 1 saturated heterocycles. The lowest BCUT2D eigenvalue weighted by Crippen LogP contribution is -2.70. The summed E-state index contributed by atoms with van der Waals surface area (Å²) in [4.78, 5) is 41.2. The van der Waals surface area contributed by atoms with Gasteiger partial charge in [-0.3, -0.25) is 14.5 Å². The van der Waals surface area contributed by atoms with Gasteiger partial charge in [0.15, 0.2) is 6.10 Å². The first kappa shape index (κ1) is 25.5. The standard InChI is InChI=1S/C31H28N2O4S/c1-2-12-24-20-38-30-26(32-25(34)19-21-13-6-3-7-14-21)29(35)33(30)27(24)31(36)37-28(22-15-8-4-9-16-22)23-17-10-5-11-18-23/h2-18,26,28,30H,19-20H2,1H3,(H,32,34)/b12-2-/t26?,30-/m1/s1. The van der Waals surface area contributed by atoms with E-state index in [1.165, 1.54) is 16.7 Å². The van der Waals surface area contributed by atoms with Crippen molar-refractivity contribution in [2.75, 3.05) is 5.75 Å². The maximum Gasteiger partial charge on any atom is 0.356 e. The Kier molecular flexibility index (Phi) is 7.75. The summed E-state index contributed by atoms with van der Waals surface area (Å²) >= 11 is 1.53. The van der Waals surface area contributed by atoms with Crippen LogP contribution in [-0.2, 0) is 25.5 Å². The number of nitrogens with zero attached hydrogens (tertiary/aromatic N) is 1. The number of allylic oxidation sites excluding steroid dienone is 2. The zero-order valence-corrected chi connectivity index (χ0v) is 21.8. The van der Waals surface area contributed by atoms with E-state index in [1.807, 2.05) is 110 Å². The number of esters is 1. The van der Waals surface area contributed by atoms with Crippen molar-refractivity contribution < 1.29 is 19.1 Å². The predicted octanol–water partition coefficient (Wildman–Crippen LogP) is 4.79. The Labute approximate surface area is 226 Å². The highest BCUT2D eigenvalue weighted by Gasteiger charge is 2.54. The molecule has 1 fully saturated rings. The summed E-state index contributed by atoms with van der Waals surface area (Å²) in [5.41, 5.74) is 3.51. The number of fused-ring (bicyclic) bond motifs is 1. The lowest BCUT2D eigenvalue weighted by atomic mass is 10.00. The summed E-state index contributed by atoms with van der Waals surface area (Å²) in [6, 6.07) is 27.8. The molecule has 1 N–H and O–H groups in total. The van der Waals surface area contributed by atoms with E-state index in [-0.39, 0.29) is 29.3 Å². The number of benzene rings is 3. The Hall–Kier alpha value is -4.10. The summed E-state index contributed by atoms with van der Waals surface area (Å²) in [5, 5.41) is 2.50. The highest BCUT2D eigenvalue weighted by Crippen LogP contribution is 2.42. The Morgan fingerprint density at radius 1 is 0.974 bits per heavy atom. The fourth-order valence-corrected chi connectivity index (χ4v) is 6.03. The van der Waals surface area contributed by atoms with Crippen LogP contribution in [0, 0.1) is 0 Å². The van der Waals surface area contributed by atoms with E-state index in [1.54, 1.807) is 0 Å². The van der Waals surface area contributed by atoms with Crippen LogP contribution in [0.4, 0.5) is 0 Å². The van der Waals surface area contributed by atoms with Crippen molar-refractivity contribution in [3.8, 4) is 0 Å². The van der Waals surface area contributed by atoms with Gasteiger partial charge in [-0.15, -0.1) is 11.8 Å². The Balaban J connectivity index is 1.37. The van der Waals surface area contributed by atoms with Gasteiger partial charge in [0.25, 0.3) is 5.91 Å². The molecule has 6 nitrogen and oxygen atoms in total. The van der Waals surface area contributed by atoms with E-state index in [0.717, 1.165) is 22.3 Å². The van der Waals surface area contributed by atoms with E-state index in [2.05, 4.69) is 5.32 Å². The first-order valence-corrected chi connectivity index (χ1v) is 13.6. The number of hydrogen-bond donors (Lipinski definition) is 1. The Morgan fingerprint density at radius 3 is 2.13 bits per heavy atom. The molecule has 3 aromatic rings. The fourth-order valence-electron chi connectivity index (χ4n) is 4.71. The average Bonchev–Trinajstić information content (AvgIpc) is 2.96. The van der Waals surface area contributed by atoms with Crippen molar-refractivity contribution in [1.82, 2.24) is 10.2 Å². The zero-order chi connectivity index (χ0) is 26.5. The fraction of sp³-hybridized carbons (Fsp3) is 0.194. The second kappa shape index (κ2) is 11.5. The van der Waals surface area contributed by atoms with Crippen LogP contribution in [0.15, 0.2) is 114 Å². The van der Waals surface area contributed by atoms with Crippen molar-refractivity contribution in [1.29, 1.82) is 0 Å². The van der Waals surface area contributed by atoms with E-state index < -0.39 is 18.1 Å². The molecule has 0 bridgehead atoms. The first-order valence-electron chi connectivity index (χ1n) is 12.5. The third-order valence-corrected chi connectivity index (χ3v) is 7.81. The normalized spacial score (nSPS) is 18.8. The molecule has 0 radical (unpaired) electrons. The molecule has 2 aliphatic heterocycles. The number of ether oxygens (including phenoxy) is 1. The number of carbonyl (C=O) groups is 3. The highest BCUT2D eigenvalue weighted by molar-refractivity contribution is 8.00. The zero-order valence-electron chi connectivity index (χ0n) is 20.9. The SMILES string of the molecule is C/C=C\C1=C(C(=O)OC(c2ccccc2)c2ccccc2)N2C(=O)C(NC(=O)Cc3ccccc3)[C@H]2SC1. The molecule has 0 aliphatic carbocycles. The van der Waals surface area contributed by atoms with Gasteiger partial charge in [-0.2, -0.15) is 0 Å². The van der Waals surface area contributed by atoms with Crippen molar-refractivity contribution in [2.45, 2.75) is 30.9 Å². The molecule has 0 aromatic heterocycles. The van der Waals surface area contributed by atoms with Gasteiger partial charge in [-0.05, 0) is 29.2 Å². The largest absolute Gasteiger partial charge is 0.448 e. The molecule has 2 aliphatic rings. The molecule has 5 rings (SSSR count). The molecule has 0 spiro atoms. The number of amides is 2. The van der Waals surface area contributed by atoms with Gasteiger partial charge in [0, 0.05) is 5.75 Å². The summed E-state index contributed by atoms with van der Waals surface area (Å²) in [5.74, 6) is -0.581. The number of nitrogens with one attached hydrogen (secondary N) is 1. The second-order valence-electron chi connectivity index (χ2n) is 9.10. The number of thioether (sulfide) groups is 1. The maximum absolute atomic E-state index is 13.7. The molecule has 192 valence electrons. The van der Waals surface area contributed by atoms with Crippen LogP contribution in [0.3, 0.4) is 0 Å². The van der Waals surface area contributed by atoms with Gasteiger partial charge in [0.2, 0.25) is 5.91 Å². The number of β-lactam (4-membered cyclic amide) rings is 1. The number of rotatable bonds is 8. The molecule has 38 heavy (non-hydrogen) atoms. The van der Waals surface area contributed by atoms with Crippen LogP contribution in [-0.4, -0.2) is 39.9 Å². The van der Waals surface area contributed by atoms with Crippen molar-refractivity contribution in [2.24, 2.45) is 0 Å². The quantitative estimate of drug-likeness (QED) is 0.339. The summed E-state index contributed by atoms with van der Waals surface area (Å²) in [6.07, 6.45) is 3.25. The lowest BCUT2D eigenvalue weighted by Gasteiger charge is -2.49. The molecule has 3 aromatic carbocycles.